The number of nitrogens with zero attached hydrogens (tertiary/aromatic N) is 2. The van der Waals surface area contributed by atoms with Crippen molar-refractivity contribution >= 4 is 56.2 Å². The molecule has 2 aliphatic heterocycles. The molecule has 0 radical (unpaired) electrons. The average Bonchev–Trinajstić information content (AvgIpc) is 3.38. The van der Waals surface area contributed by atoms with E-state index < -0.39 is 9.84 Å². The summed E-state index contributed by atoms with van der Waals surface area (Å²) in [6.07, 6.45) is 8.21. The second kappa shape index (κ2) is 6.03. The van der Waals surface area contributed by atoms with Gasteiger partial charge in [-0.15, -0.1) is 0 Å². The second-order valence-electron chi connectivity index (χ2n) is 6.78. The van der Waals surface area contributed by atoms with Crippen LogP contribution in [0, 0.1) is 0 Å². The number of hydrogen-bond donors (Lipinski definition) is 2. The predicted octanol–water partition coefficient (Wildman–Crippen LogP) is 4.06. The zero-order valence-electron chi connectivity index (χ0n) is 15.0. The topological polar surface area (TPSA) is 91.5 Å². The van der Waals surface area contributed by atoms with Crippen molar-refractivity contribution in [3.63, 3.8) is 0 Å². The summed E-state index contributed by atoms with van der Waals surface area (Å²) in [4.78, 5) is 15.8. The highest BCUT2D eigenvalue weighted by Gasteiger charge is 2.20. The minimum Gasteiger partial charge on any atom is -0.355 e. The van der Waals surface area contributed by atoms with E-state index in [0.717, 1.165) is 22.1 Å². The van der Waals surface area contributed by atoms with Crippen LogP contribution in [0.25, 0.3) is 46.4 Å². The summed E-state index contributed by atoms with van der Waals surface area (Å²) >= 11 is 0. The van der Waals surface area contributed by atoms with Crippen molar-refractivity contribution in [2.24, 2.45) is 0 Å². The monoisotopic (exact) mass is 388 g/mol. The lowest BCUT2D eigenvalue weighted by Crippen LogP contribution is -2.03. The highest BCUT2D eigenvalue weighted by Crippen LogP contribution is 2.25. The van der Waals surface area contributed by atoms with Gasteiger partial charge >= 0.3 is 0 Å². The van der Waals surface area contributed by atoms with Gasteiger partial charge in [-0.1, -0.05) is 0 Å². The van der Waals surface area contributed by atoms with Gasteiger partial charge < -0.3 is 9.97 Å². The molecule has 5 heterocycles. The third-order valence-electron chi connectivity index (χ3n) is 4.54. The van der Waals surface area contributed by atoms with E-state index in [-0.39, 0.29) is 4.90 Å². The van der Waals surface area contributed by atoms with Crippen LogP contribution >= 0.6 is 0 Å². The molecule has 0 fully saturated rings. The zero-order valence-corrected chi connectivity index (χ0v) is 15.8. The molecule has 0 saturated carbocycles. The van der Waals surface area contributed by atoms with Gasteiger partial charge in [-0.05, 0) is 66.8 Å². The Hall–Kier alpha value is -3.45. The van der Waals surface area contributed by atoms with Crippen molar-refractivity contribution < 1.29 is 8.42 Å². The fourth-order valence-corrected chi connectivity index (χ4v) is 4.35. The van der Waals surface area contributed by atoms with Gasteiger partial charge in [0.2, 0.25) is 0 Å². The van der Waals surface area contributed by atoms with Gasteiger partial charge in [-0.3, -0.25) is 0 Å². The number of hydrogen-bond acceptors (Lipinski definition) is 4. The number of rotatable bonds is 1. The van der Waals surface area contributed by atoms with Gasteiger partial charge in [-0.2, -0.15) is 0 Å². The van der Waals surface area contributed by atoms with Crippen molar-refractivity contribution in [1.29, 1.82) is 0 Å². The zero-order chi connectivity index (χ0) is 19.3. The van der Waals surface area contributed by atoms with Crippen LogP contribution in [0.5, 0.6) is 0 Å². The van der Waals surface area contributed by atoms with Gasteiger partial charge in [-0.25, -0.2) is 18.4 Å². The highest BCUT2D eigenvalue weighted by molar-refractivity contribution is 7.90. The van der Waals surface area contributed by atoms with Crippen LogP contribution in [0.1, 0.15) is 22.8 Å². The summed E-state index contributed by atoms with van der Waals surface area (Å²) in [6, 6.07) is 13.7. The van der Waals surface area contributed by atoms with Gasteiger partial charge in [0.05, 0.1) is 22.8 Å². The van der Waals surface area contributed by atoms with Crippen LogP contribution in [0.4, 0.5) is 0 Å². The first-order chi connectivity index (χ1) is 13.4. The average molecular weight is 388 g/mol. The fourth-order valence-electron chi connectivity index (χ4n) is 3.36. The molecule has 6 nitrogen and oxygen atoms in total. The molecule has 0 atom stereocenters. The summed E-state index contributed by atoms with van der Waals surface area (Å²) in [7, 11) is -3.52. The SMILES string of the molecule is CS(=O)(=O)c1c2nc(cc3ccc(cc4ccc(cc5nc1C=C5)[nH]4)[nH]3)C=C2. The number of H-pyrrole nitrogens is 2. The first-order valence-corrected chi connectivity index (χ1v) is 10.6. The maximum Gasteiger partial charge on any atom is 0.179 e. The Morgan fingerprint density at radius 2 is 1.11 bits per heavy atom. The number of nitrogens with one attached hydrogen (secondary N) is 2. The van der Waals surface area contributed by atoms with Crippen molar-refractivity contribution in [3.8, 4) is 0 Å². The molecule has 7 heteroatoms. The first-order valence-electron chi connectivity index (χ1n) is 8.71. The van der Waals surface area contributed by atoms with Crippen LogP contribution in [-0.2, 0) is 9.84 Å². The quantitative estimate of drug-likeness (QED) is 0.453. The second-order valence-corrected chi connectivity index (χ2v) is 8.74. The lowest BCUT2D eigenvalue weighted by Gasteiger charge is -2.00. The Morgan fingerprint density at radius 1 is 0.679 bits per heavy atom. The van der Waals surface area contributed by atoms with E-state index in [1.807, 2.05) is 42.5 Å². The molecule has 0 unspecified atom stereocenters. The number of aromatic nitrogens is 4. The third-order valence-corrected chi connectivity index (χ3v) is 5.70. The molecule has 2 aliphatic rings. The molecule has 0 amide bonds. The number of sulfone groups is 1. The molecule has 0 saturated heterocycles. The minimum atomic E-state index is -3.52. The molecule has 138 valence electrons. The Morgan fingerprint density at radius 3 is 1.54 bits per heavy atom. The largest absolute Gasteiger partial charge is 0.355 e. The Labute approximate surface area is 161 Å². The van der Waals surface area contributed by atoms with Crippen molar-refractivity contribution in [3.05, 3.63) is 65.2 Å². The number of aromatic amines is 2. The molecule has 0 aliphatic carbocycles. The van der Waals surface area contributed by atoms with E-state index in [1.165, 1.54) is 6.26 Å². The molecule has 3 aromatic heterocycles. The van der Waals surface area contributed by atoms with Gasteiger partial charge in [0.1, 0.15) is 4.90 Å². The van der Waals surface area contributed by atoms with Gasteiger partial charge in [0.15, 0.2) is 9.84 Å². The molecule has 0 spiro atoms. The Bertz CT molecular complexity index is 1350. The molecule has 5 rings (SSSR count). The fraction of sp³-hybridized carbons (Fsp3) is 0.0476. The first kappa shape index (κ1) is 16.7. The highest BCUT2D eigenvalue weighted by atomic mass is 32.2. The third kappa shape index (κ3) is 3.05. The summed E-state index contributed by atoms with van der Waals surface area (Å²) < 4.78 is 25.0. The summed E-state index contributed by atoms with van der Waals surface area (Å²) in [5.74, 6) is 0. The number of fused-ring (bicyclic) bond motifs is 8. The van der Waals surface area contributed by atoms with Crippen molar-refractivity contribution in [2.45, 2.75) is 4.90 Å². The molecule has 0 aromatic carbocycles. The van der Waals surface area contributed by atoms with E-state index in [0.29, 0.717) is 22.8 Å². The van der Waals surface area contributed by atoms with Crippen LogP contribution in [0.3, 0.4) is 0 Å². The van der Waals surface area contributed by atoms with Gasteiger partial charge in [0, 0.05) is 28.3 Å². The van der Waals surface area contributed by atoms with Crippen LogP contribution in [0.15, 0.2) is 47.4 Å². The summed E-state index contributed by atoms with van der Waals surface area (Å²) in [5.41, 5.74) is 5.82. The molecule has 3 aromatic rings. The Kier molecular flexibility index (Phi) is 3.60. The van der Waals surface area contributed by atoms with E-state index in [4.69, 9.17) is 0 Å². The van der Waals surface area contributed by atoms with Crippen molar-refractivity contribution in [2.75, 3.05) is 6.26 Å². The van der Waals surface area contributed by atoms with Crippen LogP contribution < -0.4 is 0 Å². The molecule has 8 bridgehead atoms. The maximum atomic E-state index is 12.5. The van der Waals surface area contributed by atoms with E-state index >= 15 is 0 Å². The predicted molar refractivity (Wildman–Crippen MR) is 112 cm³/mol. The van der Waals surface area contributed by atoms with Gasteiger partial charge in [0.25, 0.3) is 0 Å². The van der Waals surface area contributed by atoms with E-state index in [9.17, 15) is 8.42 Å². The molecule has 28 heavy (non-hydrogen) atoms. The molecule has 2 N–H and O–H groups in total. The summed E-state index contributed by atoms with van der Waals surface area (Å²) in [6.45, 7) is 0. The normalized spacial score (nSPS) is 13.2. The Balaban J connectivity index is 1.93. The maximum absolute atomic E-state index is 12.5. The van der Waals surface area contributed by atoms with Crippen LogP contribution in [-0.4, -0.2) is 34.6 Å². The smallest absolute Gasteiger partial charge is 0.179 e. The lowest BCUT2D eigenvalue weighted by molar-refractivity contribution is 0.601. The standard InChI is InChI=1S/C21H16N4O2S/c1-28(26,27)21-19-8-6-17(24-19)11-15-4-2-13(22-15)10-14-3-5-16(23-14)12-18-7-9-20(21)25-18/h2-12,22-23H,1H3. The van der Waals surface area contributed by atoms with E-state index in [2.05, 4.69) is 19.9 Å². The van der Waals surface area contributed by atoms with Crippen molar-refractivity contribution in [1.82, 2.24) is 19.9 Å². The lowest BCUT2D eigenvalue weighted by atomic mass is 10.3. The minimum absolute atomic E-state index is 0.131. The molecular weight excluding hydrogens is 372 g/mol. The van der Waals surface area contributed by atoms with Crippen LogP contribution in [0.2, 0.25) is 0 Å². The van der Waals surface area contributed by atoms with E-state index in [1.54, 1.807) is 24.3 Å². The molecular formula is C21H16N4O2S. The summed E-state index contributed by atoms with van der Waals surface area (Å²) in [5, 5.41) is 0.